The minimum absolute atomic E-state index is 0.0142. The van der Waals surface area contributed by atoms with Crippen molar-refractivity contribution in [3.05, 3.63) is 12.2 Å². The molecule has 1 unspecified atom stereocenters. The van der Waals surface area contributed by atoms with Gasteiger partial charge in [0.1, 0.15) is 5.60 Å². The third-order valence-corrected chi connectivity index (χ3v) is 16.2. The van der Waals surface area contributed by atoms with Crippen molar-refractivity contribution in [1.29, 1.82) is 0 Å². The Bertz CT molecular complexity index is 1060. The van der Waals surface area contributed by atoms with Crippen molar-refractivity contribution < 1.29 is 19.0 Å². The Balaban J connectivity index is 5.76. The Kier molecular flexibility index (Phi) is 57.1. The van der Waals surface area contributed by atoms with E-state index in [4.69, 9.17) is 14.2 Å². The second-order valence-corrected chi connectivity index (χ2v) is 23.3. The first kappa shape index (κ1) is 71.1. The van der Waals surface area contributed by atoms with Crippen LogP contribution in [0.4, 0.5) is 0 Å². The van der Waals surface area contributed by atoms with Crippen molar-refractivity contribution in [3.63, 3.8) is 0 Å². The first-order valence-electron chi connectivity index (χ1n) is 33.6. The van der Waals surface area contributed by atoms with Crippen LogP contribution in [-0.2, 0) is 19.0 Å². The van der Waals surface area contributed by atoms with Gasteiger partial charge in [0.05, 0.1) is 6.61 Å². The fourth-order valence-electron chi connectivity index (χ4n) is 11.3. The molecule has 72 heavy (non-hydrogen) atoms. The van der Waals surface area contributed by atoms with Crippen molar-refractivity contribution >= 4 is 5.97 Å². The topological polar surface area (TPSA) is 44.8 Å². The number of allylic oxidation sites excluding steroid dienone is 2. The quantitative estimate of drug-likeness (QED) is 0.0346. The fraction of sp³-hybridized carbons (Fsp3) is 0.956. The molecule has 0 saturated carbocycles. The van der Waals surface area contributed by atoms with Gasteiger partial charge in [0.25, 0.3) is 0 Å². The maximum Gasteiger partial charge on any atom is 0.306 e. The highest BCUT2D eigenvalue weighted by atomic mass is 16.6. The second kappa shape index (κ2) is 57.8. The largest absolute Gasteiger partial charge is 0.453 e. The van der Waals surface area contributed by atoms with Crippen LogP contribution in [0.3, 0.4) is 0 Å². The summed E-state index contributed by atoms with van der Waals surface area (Å²) in [4.78, 5) is 14.4. The number of hydrogen-bond acceptors (Lipinski definition) is 4. The van der Waals surface area contributed by atoms with E-state index in [1.165, 1.54) is 263 Å². The Morgan fingerprint density at radius 2 is 0.583 bits per heavy atom. The molecule has 0 aromatic carbocycles. The average Bonchev–Trinajstić information content (AvgIpc) is 3.38. The summed E-state index contributed by atoms with van der Waals surface area (Å²) in [6, 6.07) is 0. The monoisotopic (exact) mass is 1020 g/mol. The van der Waals surface area contributed by atoms with Crippen molar-refractivity contribution in [3.8, 4) is 0 Å². The van der Waals surface area contributed by atoms with Gasteiger partial charge < -0.3 is 14.2 Å². The Hall–Kier alpha value is -0.870. The predicted molar refractivity (Wildman–Crippen MR) is 321 cm³/mol. The van der Waals surface area contributed by atoms with Gasteiger partial charge in [0.15, 0.2) is 5.60 Å². The molecule has 0 radical (unpaired) electrons. The third kappa shape index (κ3) is 44.3. The molecule has 0 aliphatic heterocycles. The summed E-state index contributed by atoms with van der Waals surface area (Å²) in [5.41, 5.74) is -1.27. The Morgan fingerprint density at radius 3 is 0.944 bits per heavy atom. The zero-order chi connectivity index (χ0) is 52.4. The summed E-state index contributed by atoms with van der Waals surface area (Å²) in [5.74, 6) is -0.0142. The lowest BCUT2D eigenvalue weighted by Gasteiger charge is -2.50. The molecule has 0 aliphatic rings. The molecule has 0 spiro atoms. The van der Waals surface area contributed by atoms with Crippen LogP contribution in [0.15, 0.2) is 12.2 Å². The lowest BCUT2D eigenvalue weighted by Crippen LogP contribution is -2.61. The Labute approximate surface area is 454 Å². The molecule has 4 nitrogen and oxygen atoms in total. The van der Waals surface area contributed by atoms with Crippen LogP contribution in [0.5, 0.6) is 0 Å². The van der Waals surface area contributed by atoms with Gasteiger partial charge in [-0.3, -0.25) is 4.79 Å². The van der Waals surface area contributed by atoms with E-state index < -0.39 is 11.2 Å². The van der Waals surface area contributed by atoms with E-state index in [1.807, 2.05) is 0 Å². The van der Waals surface area contributed by atoms with Gasteiger partial charge in [0, 0.05) is 19.6 Å². The van der Waals surface area contributed by atoms with Crippen molar-refractivity contribution in [2.75, 3.05) is 19.8 Å². The molecular formula is C68H134O4. The third-order valence-electron chi connectivity index (χ3n) is 16.2. The van der Waals surface area contributed by atoms with E-state index in [0.29, 0.717) is 13.0 Å². The Morgan fingerprint density at radius 1 is 0.306 bits per heavy atom. The van der Waals surface area contributed by atoms with E-state index in [-0.39, 0.29) is 5.97 Å². The minimum atomic E-state index is -0.755. The number of carbonyl (C=O) groups is 1. The molecule has 0 aromatic rings. The second-order valence-electron chi connectivity index (χ2n) is 23.3. The van der Waals surface area contributed by atoms with Gasteiger partial charge in [-0.05, 0) is 70.6 Å². The van der Waals surface area contributed by atoms with Crippen LogP contribution in [0.1, 0.15) is 388 Å². The van der Waals surface area contributed by atoms with Gasteiger partial charge >= 0.3 is 5.97 Å². The van der Waals surface area contributed by atoms with Crippen molar-refractivity contribution in [1.82, 2.24) is 0 Å². The molecule has 0 saturated heterocycles. The molecule has 0 aromatic heterocycles. The van der Waals surface area contributed by atoms with E-state index in [1.54, 1.807) is 0 Å². The van der Waals surface area contributed by atoms with Crippen molar-refractivity contribution in [2.24, 2.45) is 0 Å². The zero-order valence-corrected chi connectivity index (χ0v) is 50.6. The number of hydrogen-bond donors (Lipinski definition) is 0. The van der Waals surface area contributed by atoms with Crippen LogP contribution in [0.2, 0.25) is 0 Å². The van der Waals surface area contributed by atoms with Gasteiger partial charge in [-0.2, -0.15) is 0 Å². The number of rotatable bonds is 62. The molecule has 0 bridgehead atoms. The predicted octanol–water partition coefficient (Wildman–Crippen LogP) is 23.8. The first-order chi connectivity index (χ1) is 35.5. The highest BCUT2D eigenvalue weighted by molar-refractivity contribution is 5.70. The normalized spacial score (nSPS) is 12.9. The first-order valence-corrected chi connectivity index (χ1v) is 33.6. The summed E-state index contributed by atoms with van der Waals surface area (Å²) in [7, 11) is 0. The molecule has 1 atom stereocenters. The number of esters is 1. The van der Waals surface area contributed by atoms with E-state index in [9.17, 15) is 4.79 Å². The fourth-order valence-corrected chi connectivity index (χ4v) is 11.3. The highest BCUT2D eigenvalue weighted by Crippen LogP contribution is 2.44. The molecule has 430 valence electrons. The molecule has 4 heteroatoms. The zero-order valence-electron chi connectivity index (χ0n) is 50.6. The van der Waals surface area contributed by atoms with Crippen molar-refractivity contribution in [2.45, 2.75) is 399 Å². The van der Waals surface area contributed by atoms with Crippen LogP contribution >= 0.6 is 0 Å². The standard InChI is InChI=1S/C68H134O4/c1-7-13-19-22-25-28-31-34-37-38-41-44-47-50-53-59-66(69)72-68(62-56-18-12-6,65-70-63-57-51-48-45-42-39-35-32-29-26-23-20-14-8-2)67(60-54-16-10-4,61-55-17-11-5)71-64-58-52-49-46-43-40-36-33-30-27-24-21-15-9-3/h34,37H,7-33,35-36,38-65H2,1-6H3/b37-34-. The maximum absolute atomic E-state index is 14.4. The summed E-state index contributed by atoms with van der Waals surface area (Å²) in [6.07, 6.45) is 72.8. The van der Waals surface area contributed by atoms with Gasteiger partial charge in [-0.1, -0.05) is 323 Å². The molecule has 0 N–H and O–H groups in total. The molecule has 0 heterocycles. The lowest BCUT2D eigenvalue weighted by atomic mass is 9.72. The molecule has 0 rings (SSSR count). The van der Waals surface area contributed by atoms with Gasteiger partial charge in [-0.25, -0.2) is 0 Å². The van der Waals surface area contributed by atoms with E-state index in [2.05, 4.69) is 53.7 Å². The lowest BCUT2D eigenvalue weighted by molar-refractivity contribution is -0.238. The highest BCUT2D eigenvalue weighted by Gasteiger charge is 2.54. The molecule has 0 aliphatic carbocycles. The maximum atomic E-state index is 14.4. The SMILES string of the molecule is CCCCCCCC/C=C\CCCCCCCC(=O)OC(CCCCC)(COCCCCCCCCCCCCCCCC)C(CCCCC)(CCCCC)OCCCCCCCCCCCCCCCC. The van der Waals surface area contributed by atoms with Crippen LogP contribution in [0.25, 0.3) is 0 Å². The molecule has 0 amide bonds. The van der Waals surface area contributed by atoms with E-state index in [0.717, 1.165) is 90.3 Å². The summed E-state index contributed by atoms with van der Waals surface area (Å²) in [5, 5.41) is 0. The number of unbranched alkanes of at least 4 members (excludes halogenated alkanes) is 43. The summed E-state index contributed by atoms with van der Waals surface area (Å²) < 4.78 is 21.5. The van der Waals surface area contributed by atoms with Gasteiger partial charge in [-0.15, -0.1) is 0 Å². The van der Waals surface area contributed by atoms with Crippen LogP contribution in [-0.4, -0.2) is 37.0 Å². The molecule has 0 fully saturated rings. The van der Waals surface area contributed by atoms with Gasteiger partial charge in [0.2, 0.25) is 0 Å². The number of carbonyl (C=O) groups excluding carboxylic acids is 1. The summed E-state index contributed by atoms with van der Waals surface area (Å²) >= 11 is 0. The minimum Gasteiger partial charge on any atom is -0.453 e. The van der Waals surface area contributed by atoms with Crippen LogP contribution in [0, 0.1) is 0 Å². The smallest absolute Gasteiger partial charge is 0.306 e. The average molecular weight is 1020 g/mol. The molecular weight excluding hydrogens is 881 g/mol. The number of ether oxygens (including phenoxy) is 3. The van der Waals surface area contributed by atoms with E-state index >= 15 is 0 Å². The van der Waals surface area contributed by atoms with Crippen LogP contribution < -0.4 is 0 Å². The summed E-state index contributed by atoms with van der Waals surface area (Å²) in [6.45, 7) is 15.8.